The molecule has 1 aromatic rings. The smallest absolute Gasteiger partial charge is 0.295 e. The first-order valence-corrected chi connectivity index (χ1v) is 3.75. The van der Waals surface area contributed by atoms with Gasteiger partial charge in [-0.05, 0) is 19.1 Å². The number of nitrogens with one attached hydrogen (secondary N) is 1. The van der Waals surface area contributed by atoms with Crippen molar-refractivity contribution in [1.29, 1.82) is 0 Å². The summed E-state index contributed by atoms with van der Waals surface area (Å²) in [6, 6.07) is 3.16. The molecule has 0 aliphatic heterocycles. The summed E-state index contributed by atoms with van der Waals surface area (Å²) < 4.78 is 4.90. The highest BCUT2D eigenvalue weighted by molar-refractivity contribution is 6.43. The fourth-order valence-corrected chi connectivity index (χ4v) is 0.741. The average Bonchev–Trinajstić information content (AvgIpc) is 2.57. The Morgan fingerprint density at radius 1 is 1.77 bits per heavy atom. The van der Waals surface area contributed by atoms with Gasteiger partial charge in [-0.1, -0.05) is 5.16 Å². The van der Waals surface area contributed by atoms with Gasteiger partial charge >= 0.3 is 0 Å². The van der Waals surface area contributed by atoms with Gasteiger partial charge in [0.1, 0.15) is 6.61 Å². The Kier molecular flexibility index (Phi) is 3.08. The first-order valence-electron chi connectivity index (χ1n) is 3.75. The number of amides is 1. The second-order valence-corrected chi connectivity index (χ2v) is 2.16. The normalized spacial score (nSPS) is 11.3. The van der Waals surface area contributed by atoms with Crippen molar-refractivity contribution < 1.29 is 14.0 Å². The molecular weight excluding hydrogens is 172 g/mol. The van der Waals surface area contributed by atoms with Crippen molar-refractivity contribution >= 4 is 11.6 Å². The monoisotopic (exact) mass is 181 g/mol. The molecule has 1 N–H and O–H groups in total. The van der Waals surface area contributed by atoms with Crippen LogP contribution in [0, 0.1) is 0 Å². The Balaban J connectivity index is 2.87. The molecule has 0 saturated heterocycles. The number of rotatable bonds is 4. The molecule has 13 heavy (non-hydrogen) atoms. The molecule has 1 rings (SSSR count). The van der Waals surface area contributed by atoms with Gasteiger partial charge < -0.3 is 9.25 Å². The van der Waals surface area contributed by atoms with Crippen LogP contribution in [0.3, 0.4) is 0 Å². The first kappa shape index (κ1) is 9.31. The number of hydrogen-bond acceptors (Lipinski definition) is 4. The number of furan rings is 1. The number of hydrogen-bond donors (Lipinski definition) is 0. The molecule has 0 unspecified atom stereocenters. The SMILES string of the molecule is CCON=C(C([NH])=O)c1ccco1. The molecule has 0 spiro atoms. The number of nitrogens with zero attached hydrogens (tertiary/aromatic N) is 1. The Morgan fingerprint density at radius 3 is 3.00 bits per heavy atom. The van der Waals surface area contributed by atoms with E-state index in [0.29, 0.717) is 6.61 Å². The lowest BCUT2D eigenvalue weighted by molar-refractivity contribution is -0.112. The van der Waals surface area contributed by atoms with E-state index in [9.17, 15) is 4.79 Å². The molecule has 0 fully saturated rings. The predicted molar refractivity (Wildman–Crippen MR) is 45.0 cm³/mol. The van der Waals surface area contributed by atoms with Crippen molar-refractivity contribution in [2.75, 3.05) is 6.61 Å². The van der Waals surface area contributed by atoms with Crippen molar-refractivity contribution in [1.82, 2.24) is 5.73 Å². The van der Waals surface area contributed by atoms with Crippen LogP contribution in [0.2, 0.25) is 0 Å². The topological polar surface area (TPSA) is 75.6 Å². The van der Waals surface area contributed by atoms with Gasteiger partial charge in [-0.15, -0.1) is 0 Å². The lowest BCUT2D eigenvalue weighted by atomic mass is 10.3. The summed E-state index contributed by atoms with van der Waals surface area (Å²) >= 11 is 0. The summed E-state index contributed by atoms with van der Waals surface area (Å²) in [5, 5.41) is 3.47. The lowest BCUT2D eigenvalue weighted by Gasteiger charge is -1.96. The molecule has 0 bridgehead atoms. The Hall–Kier alpha value is -1.78. The molecule has 1 radical (unpaired) electrons. The summed E-state index contributed by atoms with van der Waals surface area (Å²) in [7, 11) is 0. The predicted octanol–water partition coefficient (Wildman–Crippen LogP) is 0.830. The third-order valence-electron chi connectivity index (χ3n) is 1.25. The fraction of sp³-hybridized carbons (Fsp3) is 0.250. The summed E-state index contributed by atoms with van der Waals surface area (Å²) in [5.41, 5.74) is 6.76. The standard InChI is InChI=1S/C8H9N2O3/c1-2-13-10-7(8(9)11)6-4-3-5-12-6/h3-5,9H,2H2,1H3. The Morgan fingerprint density at radius 2 is 2.54 bits per heavy atom. The third-order valence-corrected chi connectivity index (χ3v) is 1.25. The van der Waals surface area contributed by atoms with Crippen LogP contribution < -0.4 is 5.73 Å². The average molecular weight is 181 g/mol. The minimum absolute atomic E-state index is 0.119. The van der Waals surface area contributed by atoms with Crippen LogP contribution in [-0.2, 0) is 9.63 Å². The molecular formula is C8H9N2O3. The van der Waals surface area contributed by atoms with Crippen LogP contribution in [-0.4, -0.2) is 18.2 Å². The molecule has 0 saturated carbocycles. The van der Waals surface area contributed by atoms with E-state index in [1.807, 2.05) is 0 Å². The highest BCUT2D eigenvalue weighted by atomic mass is 16.6. The van der Waals surface area contributed by atoms with E-state index in [1.54, 1.807) is 19.1 Å². The van der Waals surface area contributed by atoms with E-state index in [1.165, 1.54) is 6.26 Å². The minimum Gasteiger partial charge on any atom is -0.462 e. The van der Waals surface area contributed by atoms with E-state index in [0.717, 1.165) is 0 Å². The van der Waals surface area contributed by atoms with Crippen molar-refractivity contribution in [3.63, 3.8) is 0 Å². The molecule has 5 heteroatoms. The second-order valence-electron chi connectivity index (χ2n) is 2.16. The lowest BCUT2D eigenvalue weighted by Crippen LogP contribution is -2.15. The quantitative estimate of drug-likeness (QED) is 0.510. The number of carbonyl (C=O) groups excluding carboxylic acids is 1. The summed E-state index contributed by atoms with van der Waals surface area (Å²) in [5.74, 6) is -0.683. The largest absolute Gasteiger partial charge is 0.462 e. The van der Waals surface area contributed by atoms with Crippen LogP contribution in [0.25, 0.3) is 0 Å². The fourth-order valence-electron chi connectivity index (χ4n) is 0.741. The van der Waals surface area contributed by atoms with Gasteiger partial charge in [0.2, 0.25) is 5.71 Å². The van der Waals surface area contributed by atoms with Gasteiger partial charge in [0.15, 0.2) is 5.76 Å². The van der Waals surface area contributed by atoms with Gasteiger partial charge in [0, 0.05) is 0 Å². The zero-order chi connectivity index (χ0) is 9.68. The van der Waals surface area contributed by atoms with Gasteiger partial charge in [-0.25, -0.2) is 0 Å². The van der Waals surface area contributed by atoms with Crippen molar-refractivity contribution in [2.45, 2.75) is 6.92 Å². The van der Waals surface area contributed by atoms with E-state index in [4.69, 9.17) is 10.2 Å². The summed E-state index contributed by atoms with van der Waals surface area (Å²) in [4.78, 5) is 15.4. The van der Waals surface area contributed by atoms with Crippen LogP contribution in [0.15, 0.2) is 28.0 Å². The van der Waals surface area contributed by atoms with Gasteiger partial charge in [0.05, 0.1) is 6.26 Å². The third kappa shape index (κ3) is 2.33. The molecule has 1 heterocycles. The number of carbonyl (C=O) groups is 1. The van der Waals surface area contributed by atoms with Crippen molar-refractivity contribution in [3.05, 3.63) is 24.2 Å². The van der Waals surface area contributed by atoms with Gasteiger partial charge in [-0.3, -0.25) is 10.5 Å². The van der Waals surface area contributed by atoms with Gasteiger partial charge in [0.25, 0.3) is 5.91 Å². The maximum Gasteiger partial charge on any atom is 0.295 e. The zero-order valence-electron chi connectivity index (χ0n) is 7.11. The molecule has 0 aromatic carbocycles. The van der Waals surface area contributed by atoms with Crippen molar-refractivity contribution in [2.24, 2.45) is 5.16 Å². The highest BCUT2D eigenvalue weighted by Gasteiger charge is 2.14. The van der Waals surface area contributed by atoms with E-state index in [-0.39, 0.29) is 11.5 Å². The van der Waals surface area contributed by atoms with E-state index < -0.39 is 5.91 Å². The maximum atomic E-state index is 10.7. The summed E-state index contributed by atoms with van der Waals surface area (Å²) in [6.45, 7) is 2.08. The maximum absolute atomic E-state index is 10.7. The van der Waals surface area contributed by atoms with E-state index >= 15 is 0 Å². The van der Waals surface area contributed by atoms with Gasteiger partial charge in [-0.2, -0.15) is 0 Å². The summed E-state index contributed by atoms with van der Waals surface area (Å²) in [6.07, 6.45) is 1.40. The van der Waals surface area contributed by atoms with Crippen LogP contribution in [0.1, 0.15) is 12.7 Å². The number of oxime groups is 1. The first-order chi connectivity index (χ1) is 6.25. The van der Waals surface area contributed by atoms with Crippen LogP contribution >= 0.6 is 0 Å². The zero-order valence-corrected chi connectivity index (χ0v) is 7.11. The van der Waals surface area contributed by atoms with Crippen LogP contribution in [0.5, 0.6) is 0 Å². The molecule has 69 valence electrons. The van der Waals surface area contributed by atoms with E-state index in [2.05, 4.69) is 9.99 Å². The molecule has 1 amide bonds. The van der Waals surface area contributed by atoms with Crippen LogP contribution in [0.4, 0.5) is 0 Å². The minimum atomic E-state index is -0.927. The molecule has 0 aliphatic carbocycles. The molecule has 0 aliphatic rings. The van der Waals surface area contributed by atoms with Crippen molar-refractivity contribution in [3.8, 4) is 0 Å². The molecule has 1 aromatic heterocycles. The molecule has 5 nitrogen and oxygen atoms in total. The highest BCUT2D eigenvalue weighted by Crippen LogP contribution is 2.02. The molecule has 0 atom stereocenters. The second kappa shape index (κ2) is 4.30. The Bertz CT molecular complexity index is 303. The Labute approximate surface area is 75.1 Å².